The van der Waals surface area contributed by atoms with Gasteiger partial charge in [0.2, 0.25) is 5.91 Å². The molecule has 0 bridgehead atoms. The molecule has 4 nitrogen and oxygen atoms in total. The fourth-order valence-electron chi connectivity index (χ4n) is 2.75. The van der Waals surface area contributed by atoms with Crippen molar-refractivity contribution in [2.45, 2.75) is 44.8 Å². The van der Waals surface area contributed by atoms with Crippen LogP contribution in [0, 0.1) is 12.8 Å². The van der Waals surface area contributed by atoms with Gasteiger partial charge in [-0.3, -0.25) is 4.79 Å². The molecule has 4 N–H and O–H groups in total. The van der Waals surface area contributed by atoms with Crippen LogP contribution in [-0.4, -0.2) is 23.6 Å². The molecule has 0 saturated heterocycles. The topological polar surface area (TPSA) is 75.3 Å². The number of amides is 1. The van der Waals surface area contributed by atoms with Gasteiger partial charge in [0.25, 0.3) is 0 Å². The van der Waals surface area contributed by atoms with E-state index >= 15 is 0 Å². The number of hydrogen-bond acceptors (Lipinski definition) is 3. The van der Waals surface area contributed by atoms with Gasteiger partial charge in [0.1, 0.15) is 0 Å². The van der Waals surface area contributed by atoms with Gasteiger partial charge in [0, 0.05) is 19.0 Å². The van der Waals surface area contributed by atoms with E-state index in [1.165, 1.54) is 0 Å². The summed E-state index contributed by atoms with van der Waals surface area (Å²) in [4.78, 5) is 11.9. The fraction of sp³-hybridized carbons (Fsp3) is 0.562. The molecule has 1 unspecified atom stereocenters. The highest BCUT2D eigenvalue weighted by Gasteiger charge is 2.26. The molecule has 0 spiro atoms. The Balaban J connectivity index is 0.00000220. The van der Waals surface area contributed by atoms with Crippen molar-refractivity contribution in [3.63, 3.8) is 0 Å². The average molecular weight is 313 g/mol. The van der Waals surface area contributed by atoms with Crippen LogP contribution < -0.4 is 11.1 Å². The van der Waals surface area contributed by atoms with E-state index in [0.29, 0.717) is 12.3 Å². The van der Waals surface area contributed by atoms with Crippen LogP contribution in [0.3, 0.4) is 0 Å². The first kappa shape index (κ1) is 18.0. The van der Waals surface area contributed by atoms with Gasteiger partial charge >= 0.3 is 0 Å². The molecule has 0 aliphatic heterocycles. The molecule has 1 fully saturated rings. The lowest BCUT2D eigenvalue weighted by Crippen LogP contribution is -2.33. The monoisotopic (exact) mass is 312 g/mol. The summed E-state index contributed by atoms with van der Waals surface area (Å²) in [6.45, 7) is 2.26. The van der Waals surface area contributed by atoms with Crippen molar-refractivity contribution in [3.8, 4) is 0 Å². The van der Waals surface area contributed by atoms with Crippen molar-refractivity contribution in [2.24, 2.45) is 11.7 Å². The highest BCUT2D eigenvalue weighted by molar-refractivity contribution is 5.85. The maximum atomic E-state index is 11.9. The third-order valence-corrected chi connectivity index (χ3v) is 4.12. The zero-order valence-corrected chi connectivity index (χ0v) is 13.2. The third kappa shape index (κ3) is 5.30. The van der Waals surface area contributed by atoms with E-state index in [4.69, 9.17) is 5.73 Å². The number of aliphatic hydroxyl groups excluding tert-OH is 1. The summed E-state index contributed by atoms with van der Waals surface area (Å²) in [7, 11) is 0. The van der Waals surface area contributed by atoms with Gasteiger partial charge in [-0.2, -0.15) is 0 Å². The van der Waals surface area contributed by atoms with E-state index in [-0.39, 0.29) is 30.9 Å². The molecule has 0 heterocycles. The summed E-state index contributed by atoms with van der Waals surface area (Å²) in [5.41, 5.74) is 7.94. The Morgan fingerprint density at radius 2 is 2.05 bits per heavy atom. The zero-order valence-electron chi connectivity index (χ0n) is 12.4. The summed E-state index contributed by atoms with van der Waals surface area (Å²) >= 11 is 0. The number of hydrogen-bond donors (Lipinski definition) is 3. The smallest absolute Gasteiger partial charge is 0.220 e. The normalized spacial score (nSPS) is 22.4. The van der Waals surface area contributed by atoms with Crippen LogP contribution in [0.4, 0.5) is 0 Å². The van der Waals surface area contributed by atoms with Crippen LogP contribution in [0.5, 0.6) is 0 Å². The van der Waals surface area contributed by atoms with Crippen LogP contribution in [0.15, 0.2) is 24.3 Å². The summed E-state index contributed by atoms with van der Waals surface area (Å²) < 4.78 is 0. The van der Waals surface area contributed by atoms with Crippen LogP contribution in [0.25, 0.3) is 0 Å². The van der Waals surface area contributed by atoms with Crippen molar-refractivity contribution in [3.05, 3.63) is 35.4 Å². The molecule has 1 aromatic rings. The summed E-state index contributed by atoms with van der Waals surface area (Å²) in [5.74, 6) is 0.282. The predicted octanol–water partition coefficient (Wildman–Crippen LogP) is 2.08. The lowest BCUT2D eigenvalue weighted by molar-refractivity contribution is -0.122. The van der Waals surface area contributed by atoms with E-state index in [9.17, 15) is 9.90 Å². The Morgan fingerprint density at radius 3 is 2.62 bits per heavy atom. The number of halogens is 1. The van der Waals surface area contributed by atoms with E-state index in [0.717, 1.165) is 30.4 Å². The Labute approximate surface area is 132 Å². The van der Waals surface area contributed by atoms with Crippen LogP contribution in [-0.2, 0) is 4.79 Å². The van der Waals surface area contributed by atoms with Crippen molar-refractivity contribution in [2.75, 3.05) is 6.54 Å². The SMILES string of the molecule is Cc1ccc(C(O)CNC(=O)C[C@@H]2CCC[C@H]2N)cc1.Cl. The van der Waals surface area contributed by atoms with Crippen LogP contribution in [0.2, 0.25) is 0 Å². The van der Waals surface area contributed by atoms with Gasteiger partial charge in [0.15, 0.2) is 0 Å². The second-order valence-corrected chi connectivity index (χ2v) is 5.79. The molecule has 1 amide bonds. The maximum Gasteiger partial charge on any atom is 0.220 e. The Bertz CT molecular complexity index is 450. The van der Waals surface area contributed by atoms with E-state index < -0.39 is 6.10 Å². The summed E-state index contributed by atoms with van der Waals surface area (Å²) in [6.07, 6.45) is 2.99. The number of carbonyl (C=O) groups is 1. The van der Waals surface area contributed by atoms with E-state index in [1.54, 1.807) is 0 Å². The summed E-state index contributed by atoms with van der Waals surface area (Å²) in [6, 6.07) is 7.84. The van der Waals surface area contributed by atoms with Crippen LogP contribution >= 0.6 is 12.4 Å². The van der Waals surface area contributed by atoms with Crippen molar-refractivity contribution in [1.82, 2.24) is 5.32 Å². The predicted molar refractivity (Wildman–Crippen MR) is 86.3 cm³/mol. The lowest BCUT2D eigenvalue weighted by atomic mass is 10.00. The van der Waals surface area contributed by atoms with Crippen LogP contribution in [0.1, 0.15) is 42.9 Å². The van der Waals surface area contributed by atoms with Crippen molar-refractivity contribution in [1.29, 1.82) is 0 Å². The van der Waals surface area contributed by atoms with Gasteiger partial charge in [-0.05, 0) is 31.2 Å². The van der Waals surface area contributed by atoms with E-state index in [1.807, 2.05) is 31.2 Å². The molecule has 2 rings (SSSR count). The Morgan fingerprint density at radius 1 is 1.38 bits per heavy atom. The number of nitrogens with two attached hydrogens (primary N) is 1. The Hall–Kier alpha value is -1.10. The molecule has 0 aromatic heterocycles. The molecule has 118 valence electrons. The second-order valence-electron chi connectivity index (χ2n) is 5.79. The number of carbonyl (C=O) groups excluding carboxylic acids is 1. The third-order valence-electron chi connectivity index (χ3n) is 4.12. The standard InChI is InChI=1S/C16H24N2O2.ClH/c1-11-5-7-12(8-6-11)15(19)10-18-16(20)9-13-3-2-4-14(13)17;/h5-8,13-15,19H,2-4,9-10,17H2,1H3,(H,18,20);1H/t13-,14+,15?;/m0./s1. The largest absolute Gasteiger partial charge is 0.387 e. The van der Waals surface area contributed by atoms with E-state index in [2.05, 4.69) is 5.32 Å². The molecule has 1 aliphatic rings. The van der Waals surface area contributed by atoms with Gasteiger partial charge in [-0.1, -0.05) is 36.2 Å². The lowest BCUT2D eigenvalue weighted by Gasteiger charge is -2.16. The number of benzene rings is 1. The first-order chi connectivity index (χ1) is 9.56. The van der Waals surface area contributed by atoms with Gasteiger partial charge in [-0.15, -0.1) is 12.4 Å². The molecule has 1 aliphatic carbocycles. The van der Waals surface area contributed by atoms with Gasteiger partial charge in [0.05, 0.1) is 6.10 Å². The van der Waals surface area contributed by atoms with Crippen molar-refractivity contribution < 1.29 is 9.90 Å². The van der Waals surface area contributed by atoms with Gasteiger partial charge in [-0.25, -0.2) is 0 Å². The Kier molecular flexibility index (Phi) is 7.15. The molecule has 1 saturated carbocycles. The van der Waals surface area contributed by atoms with Gasteiger partial charge < -0.3 is 16.2 Å². The minimum absolute atomic E-state index is 0. The highest BCUT2D eigenvalue weighted by atomic mass is 35.5. The molecular weight excluding hydrogens is 288 g/mol. The first-order valence-electron chi connectivity index (χ1n) is 7.33. The fourth-order valence-corrected chi connectivity index (χ4v) is 2.75. The maximum absolute atomic E-state index is 11.9. The quantitative estimate of drug-likeness (QED) is 0.779. The number of aryl methyl sites for hydroxylation is 1. The molecule has 0 radical (unpaired) electrons. The average Bonchev–Trinajstić information content (AvgIpc) is 2.82. The van der Waals surface area contributed by atoms with Crippen molar-refractivity contribution >= 4 is 18.3 Å². The number of nitrogens with one attached hydrogen (secondary N) is 1. The molecule has 21 heavy (non-hydrogen) atoms. The molecule has 3 atom stereocenters. The summed E-state index contributed by atoms with van der Waals surface area (Å²) in [5, 5.41) is 12.8. The highest BCUT2D eigenvalue weighted by Crippen LogP contribution is 2.26. The molecular formula is C16H25ClN2O2. The molecule has 1 aromatic carbocycles. The molecule has 5 heteroatoms. The first-order valence-corrected chi connectivity index (χ1v) is 7.33. The minimum Gasteiger partial charge on any atom is -0.387 e. The zero-order chi connectivity index (χ0) is 14.5. The number of aliphatic hydroxyl groups is 1. The minimum atomic E-state index is -0.656. The number of rotatable bonds is 5. The second kappa shape index (κ2) is 8.37.